The number of nitrogens with zero attached hydrogens (tertiary/aromatic N) is 1. The maximum atomic E-state index is 13.5. The van der Waals surface area contributed by atoms with Crippen molar-refractivity contribution in [2.24, 2.45) is 0 Å². The first-order valence-corrected chi connectivity index (χ1v) is 10.1. The number of para-hydroxylation sites is 3. The van der Waals surface area contributed by atoms with E-state index in [2.05, 4.69) is 49.7 Å². The smallest absolute Gasteiger partial charge is 0.420 e. The molecular formula is C23H19F3INO. The van der Waals surface area contributed by atoms with Crippen molar-refractivity contribution in [2.75, 3.05) is 3.11 Å². The van der Waals surface area contributed by atoms with Gasteiger partial charge in [-0.1, -0.05) is 63.2 Å². The molecule has 3 aromatic carbocycles. The Morgan fingerprint density at radius 1 is 0.724 bits per heavy atom. The molecule has 0 aliphatic rings. The molecule has 0 aliphatic heterocycles. The van der Waals surface area contributed by atoms with Crippen molar-refractivity contribution < 1.29 is 17.6 Å². The van der Waals surface area contributed by atoms with E-state index in [1.165, 1.54) is 6.07 Å². The molecule has 1 heterocycles. The number of rotatable bonds is 2. The second-order valence-corrected chi connectivity index (χ2v) is 8.95. The standard InChI is InChI=1S/C23H19F3INO/c1-22(2,3)16-10-4-5-12-18(16)28(27)19-13-7-9-15-14-8-6-11-17(23(24,25)26)20(14)29-21(15)19/h4-13H,1-3H3. The molecule has 0 radical (unpaired) electrons. The van der Waals surface area contributed by atoms with Gasteiger partial charge in [0.25, 0.3) is 0 Å². The Labute approximate surface area is 180 Å². The summed E-state index contributed by atoms with van der Waals surface area (Å²) in [5.41, 5.74) is 2.29. The quantitative estimate of drug-likeness (QED) is 0.199. The Bertz CT molecular complexity index is 1200. The number of benzene rings is 3. The van der Waals surface area contributed by atoms with Gasteiger partial charge in [-0.25, -0.2) is 0 Å². The lowest BCUT2D eigenvalue weighted by molar-refractivity contribution is -0.136. The Hall–Kier alpha value is -2.22. The number of hydrogen-bond acceptors (Lipinski definition) is 2. The fraction of sp³-hybridized carbons (Fsp3) is 0.217. The van der Waals surface area contributed by atoms with Crippen LogP contribution >= 0.6 is 22.9 Å². The van der Waals surface area contributed by atoms with Gasteiger partial charge in [0.15, 0.2) is 5.58 Å². The molecule has 29 heavy (non-hydrogen) atoms. The first-order chi connectivity index (χ1) is 13.6. The number of fused-ring (bicyclic) bond motifs is 3. The van der Waals surface area contributed by atoms with Crippen LogP contribution in [0.5, 0.6) is 0 Å². The molecule has 0 aliphatic carbocycles. The molecule has 150 valence electrons. The van der Waals surface area contributed by atoms with E-state index >= 15 is 0 Å². The van der Waals surface area contributed by atoms with Crippen molar-refractivity contribution in [3.8, 4) is 0 Å². The summed E-state index contributed by atoms with van der Waals surface area (Å²) in [4.78, 5) is 0. The van der Waals surface area contributed by atoms with Crippen molar-refractivity contribution in [3.63, 3.8) is 0 Å². The number of anilines is 2. The van der Waals surface area contributed by atoms with E-state index in [9.17, 15) is 13.2 Å². The fourth-order valence-corrected chi connectivity index (χ4v) is 4.39. The molecule has 0 bridgehead atoms. The van der Waals surface area contributed by atoms with Crippen LogP contribution in [0.1, 0.15) is 31.9 Å². The van der Waals surface area contributed by atoms with Gasteiger partial charge in [-0.2, -0.15) is 13.2 Å². The van der Waals surface area contributed by atoms with Gasteiger partial charge in [0.05, 0.1) is 39.8 Å². The topological polar surface area (TPSA) is 16.4 Å². The van der Waals surface area contributed by atoms with Gasteiger partial charge in [-0.05, 0) is 29.2 Å². The molecular weight excluding hydrogens is 490 g/mol. The zero-order chi connectivity index (χ0) is 21.0. The second kappa shape index (κ2) is 6.93. The van der Waals surface area contributed by atoms with E-state index in [-0.39, 0.29) is 11.0 Å². The van der Waals surface area contributed by atoms with Crippen LogP contribution in [-0.2, 0) is 11.6 Å². The first-order valence-electron chi connectivity index (χ1n) is 9.16. The van der Waals surface area contributed by atoms with Crippen molar-refractivity contribution in [3.05, 3.63) is 71.8 Å². The number of halogens is 4. The number of furan rings is 1. The summed E-state index contributed by atoms with van der Waals surface area (Å²) in [7, 11) is 0. The van der Waals surface area contributed by atoms with Crippen LogP contribution in [-0.4, -0.2) is 0 Å². The largest absolute Gasteiger partial charge is 0.453 e. The lowest BCUT2D eigenvalue weighted by atomic mass is 9.86. The van der Waals surface area contributed by atoms with Crippen LogP contribution < -0.4 is 3.11 Å². The predicted molar refractivity (Wildman–Crippen MR) is 120 cm³/mol. The third-order valence-corrected chi connectivity index (χ3v) is 5.98. The molecule has 4 aromatic rings. The van der Waals surface area contributed by atoms with Gasteiger partial charge < -0.3 is 4.42 Å². The van der Waals surface area contributed by atoms with Crippen LogP contribution in [0, 0.1) is 0 Å². The highest BCUT2D eigenvalue weighted by molar-refractivity contribution is 14.1. The van der Waals surface area contributed by atoms with Crippen molar-refractivity contribution in [2.45, 2.75) is 32.4 Å². The number of alkyl halides is 3. The molecule has 0 N–H and O–H groups in total. The van der Waals surface area contributed by atoms with Crippen molar-refractivity contribution in [1.29, 1.82) is 0 Å². The minimum Gasteiger partial charge on any atom is -0.453 e. The highest BCUT2D eigenvalue weighted by Gasteiger charge is 2.35. The van der Waals surface area contributed by atoms with E-state index in [0.29, 0.717) is 22.0 Å². The maximum Gasteiger partial charge on any atom is 0.420 e. The van der Waals surface area contributed by atoms with E-state index < -0.39 is 11.7 Å². The van der Waals surface area contributed by atoms with Gasteiger partial charge >= 0.3 is 6.18 Å². The van der Waals surface area contributed by atoms with Gasteiger partial charge in [0, 0.05) is 10.8 Å². The summed E-state index contributed by atoms with van der Waals surface area (Å²) in [6.45, 7) is 6.40. The molecule has 0 saturated carbocycles. The van der Waals surface area contributed by atoms with Crippen LogP contribution in [0.3, 0.4) is 0 Å². The van der Waals surface area contributed by atoms with Gasteiger partial charge in [-0.15, -0.1) is 0 Å². The molecule has 0 unspecified atom stereocenters. The zero-order valence-electron chi connectivity index (χ0n) is 16.1. The molecule has 0 amide bonds. The number of hydrogen-bond donors (Lipinski definition) is 0. The summed E-state index contributed by atoms with van der Waals surface area (Å²) in [6.07, 6.45) is -4.48. The lowest BCUT2D eigenvalue weighted by Crippen LogP contribution is -2.15. The average molecular weight is 509 g/mol. The van der Waals surface area contributed by atoms with Crippen molar-refractivity contribution >= 4 is 56.2 Å². The molecule has 0 atom stereocenters. The predicted octanol–water partition coefficient (Wildman–Crippen LogP) is 8.39. The molecule has 6 heteroatoms. The summed E-state index contributed by atoms with van der Waals surface area (Å²) in [5, 5.41) is 1.13. The summed E-state index contributed by atoms with van der Waals surface area (Å²) in [5.74, 6) is 0. The molecule has 1 aromatic heterocycles. The minimum atomic E-state index is -4.48. The molecule has 0 spiro atoms. The van der Waals surface area contributed by atoms with Crippen LogP contribution in [0.25, 0.3) is 21.9 Å². The summed E-state index contributed by atoms with van der Waals surface area (Å²) in [6, 6.07) is 17.7. The fourth-order valence-electron chi connectivity index (χ4n) is 3.59. The van der Waals surface area contributed by atoms with Gasteiger partial charge in [0.1, 0.15) is 5.58 Å². The normalized spacial score (nSPS) is 12.7. The monoisotopic (exact) mass is 509 g/mol. The van der Waals surface area contributed by atoms with Crippen molar-refractivity contribution in [1.82, 2.24) is 0 Å². The SMILES string of the molecule is CC(C)(C)c1ccccc1N(I)c1cccc2c1oc1c(C(F)(F)F)cccc12. The maximum absolute atomic E-state index is 13.5. The van der Waals surface area contributed by atoms with E-state index in [4.69, 9.17) is 4.42 Å². The lowest BCUT2D eigenvalue weighted by Gasteiger charge is -2.27. The third kappa shape index (κ3) is 3.47. The Morgan fingerprint density at radius 3 is 1.93 bits per heavy atom. The van der Waals surface area contributed by atoms with Crippen LogP contribution in [0.4, 0.5) is 24.5 Å². The minimum absolute atomic E-state index is 0.0920. The van der Waals surface area contributed by atoms with Crippen LogP contribution in [0.15, 0.2) is 65.1 Å². The highest BCUT2D eigenvalue weighted by atomic mass is 127. The van der Waals surface area contributed by atoms with E-state index in [0.717, 1.165) is 17.3 Å². The summed E-state index contributed by atoms with van der Waals surface area (Å²) >= 11 is 2.19. The van der Waals surface area contributed by atoms with E-state index in [1.807, 2.05) is 33.4 Å². The Balaban J connectivity index is 1.97. The van der Waals surface area contributed by atoms with Gasteiger partial charge in [0.2, 0.25) is 0 Å². The zero-order valence-corrected chi connectivity index (χ0v) is 18.3. The average Bonchev–Trinajstić information content (AvgIpc) is 3.04. The second-order valence-electron chi connectivity index (χ2n) is 7.98. The molecule has 4 rings (SSSR count). The Morgan fingerprint density at radius 2 is 1.28 bits per heavy atom. The third-order valence-electron chi connectivity index (χ3n) is 4.94. The molecule has 0 saturated heterocycles. The molecule has 0 fully saturated rings. The Kier molecular flexibility index (Phi) is 4.80. The van der Waals surface area contributed by atoms with Crippen LogP contribution in [0.2, 0.25) is 0 Å². The highest BCUT2D eigenvalue weighted by Crippen LogP contribution is 2.45. The molecule has 2 nitrogen and oxygen atoms in total. The van der Waals surface area contributed by atoms with Gasteiger partial charge in [-0.3, -0.25) is 3.11 Å². The van der Waals surface area contributed by atoms with E-state index in [1.54, 1.807) is 12.1 Å². The first kappa shape index (κ1) is 20.1. The summed E-state index contributed by atoms with van der Waals surface area (Å²) < 4.78 is 48.2.